The summed E-state index contributed by atoms with van der Waals surface area (Å²) in [5, 5.41) is 0. The van der Waals surface area contributed by atoms with E-state index in [2.05, 4.69) is 9.97 Å². The highest BCUT2D eigenvalue weighted by atomic mass is 19.1. The normalized spacial score (nSPS) is 10.4. The summed E-state index contributed by atoms with van der Waals surface area (Å²) < 4.78 is 21.0. The molecule has 20 heavy (non-hydrogen) atoms. The van der Waals surface area contributed by atoms with Crippen LogP contribution < -0.4 is 10.5 Å². The van der Waals surface area contributed by atoms with Crippen molar-refractivity contribution in [1.82, 2.24) is 14.5 Å². The maximum Gasteiger partial charge on any atom is 0.219 e. The van der Waals surface area contributed by atoms with Crippen molar-refractivity contribution >= 4 is 5.82 Å². The Balaban J connectivity index is 1.88. The van der Waals surface area contributed by atoms with E-state index >= 15 is 0 Å². The van der Waals surface area contributed by atoms with E-state index in [1.807, 2.05) is 0 Å². The molecule has 0 fully saturated rings. The number of hydrogen-bond acceptors (Lipinski definition) is 4. The fourth-order valence-electron chi connectivity index (χ4n) is 1.73. The number of rotatable bonds is 3. The van der Waals surface area contributed by atoms with Crippen molar-refractivity contribution in [2.24, 2.45) is 0 Å². The fourth-order valence-corrected chi connectivity index (χ4v) is 1.73. The molecule has 1 aromatic carbocycles. The van der Waals surface area contributed by atoms with E-state index in [-0.39, 0.29) is 5.75 Å². The topological polar surface area (TPSA) is 66.0 Å². The van der Waals surface area contributed by atoms with Gasteiger partial charge in [-0.1, -0.05) is 6.07 Å². The van der Waals surface area contributed by atoms with Crippen molar-refractivity contribution in [2.75, 3.05) is 5.73 Å². The van der Waals surface area contributed by atoms with Crippen molar-refractivity contribution in [3.63, 3.8) is 0 Å². The molecular weight excluding hydrogens is 259 g/mol. The van der Waals surface area contributed by atoms with Crippen LogP contribution in [0.15, 0.2) is 55.1 Å². The molecule has 0 saturated heterocycles. The first-order valence-corrected chi connectivity index (χ1v) is 5.90. The molecule has 3 aromatic rings. The zero-order valence-electron chi connectivity index (χ0n) is 10.4. The molecule has 100 valence electrons. The van der Waals surface area contributed by atoms with Gasteiger partial charge in [0.2, 0.25) is 5.88 Å². The molecule has 0 aliphatic carbocycles. The summed E-state index contributed by atoms with van der Waals surface area (Å²) in [6.07, 6.45) is 4.70. The SMILES string of the molecule is Nc1cn(-c2ccc(Oc3ccccn3)c(F)c2)cn1. The van der Waals surface area contributed by atoms with Crippen molar-refractivity contribution < 1.29 is 9.13 Å². The van der Waals surface area contributed by atoms with Gasteiger partial charge in [-0.05, 0) is 18.2 Å². The standard InChI is InChI=1S/C14H11FN4O/c15-11-7-10(19-8-13(16)18-9-19)4-5-12(11)20-14-3-1-2-6-17-14/h1-9H,16H2. The van der Waals surface area contributed by atoms with E-state index < -0.39 is 5.82 Å². The predicted molar refractivity (Wildman–Crippen MR) is 72.2 cm³/mol. The Kier molecular flexibility index (Phi) is 3.04. The maximum atomic E-state index is 14.0. The summed E-state index contributed by atoms with van der Waals surface area (Å²) in [5.41, 5.74) is 6.14. The lowest BCUT2D eigenvalue weighted by Gasteiger charge is -2.07. The number of nitrogens with two attached hydrogens (primary N) is 1. The highest BCUT2D eigenvalue weighted by molar-refractivity contribution is 5.41. The third-order valence-corrected chi connectivity index (χ3v) is 2.67. The van der Waals surface area contributed by atoms with Crippen LogP contribution in [0.3, 0.4) is 0 Å². The molecule has 0 bridgehead atoms. The molecular formula is C14H11FN4O. The van der Waals surface area contributed by atoms with E-state index in [1.54, 1.807) is 41.2 Å². The number of ether oxygens (including phenoxy) is 1. The number of hydrogen-bond donors (Lipinski definition) is 1. The number of benzene rings is 1. The van der Waals surface area contributed by atoms with Crippen LogP contribution in [0.1, 0.15) is 0 Å². The van der Waals surface area contributed by atoms with E-state index in [9.17, 15) is 4.39 Å². The van der Waals surface area contributed by atoms with Crippen LogP contribution in [0, 0.1) is 5.82 Å². The number of nitrogens with zero attached hydrogens (tertiary/aromatic N) is 3. The number of anilines is 1. The Morgan fingerprint density at radius 1 is 1.15 bits per heavy atom. The second-order valence-electron chi connectivity index (χ2n) is 4.09. The summed E-state index contributed by atoms with van der Waals surface area (Å²) in [6.45, 7) is 0. The Morgan fingerprint density at radius 3 is 2.70 bits per heavy atom. The monoisotopic (exact) mass is 270 g/mol. The molecule has 2 aromatic heterocycles. The van der Waals surface area contributed by atoms with Crippen LogP contribution in [0.5, 0.6) is 11.6 Å². The summed E-state index contributed by atoms with van der Waals surface area (Å²) in [6, 6.07) is 9.78. The largest absolute Gasteiger partial charge is 0.436 e. The average molecular weight is 270 g/mol. The van der Waals surface area contributed by atoms with E-state index in [1.165, 1.54) is 18.5 Å². The lowest BCUT2D eigenvalue weighted by atomic mass is 10.3. The molecule has 0 aliphatic rings. The molecule has 6 heteroatoms. The molecule has 2 N–H and O–H groups in total. The summed E-state index contributed by atoms with van der Waals surface area (Å²) in [7, 11) is 0. The first kappa shape index (κ1) is 12.2. The first-order chi connectivity index (χ1) is 9.72. The van der Waals surface area contributed by atoms with Crippen LogP contribution >= 0.6 is 0 Å². The summed E-state index contributed by atoms with van der Waals surface area (Å²) >= 11 is 0. The zero-order chi connectivity index (χ0) is 13.9. The van der Waals surface area contributed by atoms with E-state index in [4.69, 9.17) is 10.5 Å². The van der Waals surface area contributed by atoms with Crippen LogP contribution in [0.2, 0.25) is 0 Å². The Hall–Kier alpha value is -2.89. The minimum absolute atomic E-state index is 0.112. The van der Waals surface area contributed by atoms with Crippen molar-refractivity contribution in [2.45, 2.75) is 0 Å². The molecule has 0 saturated carbocycles. The van der Waals surface area contributed by atoms with Crippen molar-refractivity contribution in [1.29, 1.82) is 0 Å². The number of imidazole rings is 1. The number of halogens is 1. The summed E-state index contributed by atoms with van der Waals surface area (Å²) in [4.78, 5) is 7.87. The average Bonchev–Trinajstić information content (AvgIpc) is 2.89. The van der Waals surface area contributed by atoms with Crippen LogP contribution in [-0.4, -0.2) is 14.5 Å². The smallest absolute Gasteiger partial charge is 0.219 e. The second-order valence-corrected chi connectivity index (χ2v) is 4.09. The highest BCUT2D eigenvalue weighted by Crippen LogP contribution is 2.25. The molecule has 0 aliphatic heterocycles. The van der Waals surface area contributed by atoms with Crippen LogP contribution in [0.25, 0.3) is 5.69 Å². The molecule has 2 heterocycles. The third-order valence-electron chi connectivity index (χ3n) is 2.67. The molecule has 0 spiro atoms. The van der Waals surface area contributed by atoms with Gasteiger partial charge in [0.05, 0.1) is 6.20 Å². The quantitative estimate of drug-likeness (QED) is 0.794. The van der Waals surface area contributed by atoms with E-state index in [0.717, 1.165) is 0 Å². The van der Waals surface area contributed by atoms with Gasteiger partial charge < -0.3 is 15.0 Å². The van der Waals surface area contributed by atoms with Gasteiger partial charge in [-0.25, -0.2) is 14.4 Å². The van der Waals surface area contributed by atoms with Crippen LogP contribution in [0.4, 0.5) is 10.2 Å². The van der Waals surface area contributed by atoms with Crippen LogP contribution in [-0.2, 0) is 0 Å². The first-order valence-electron chi connectivity index (χ1n) is 5.90. The highest BCUT2D eigenvalue weighted by Gasteiger charge is 2.08. The molecule has 3 rings (SSSR count). The maximum absolute atomic E-state index is 14.0. The van der Waals surface area contributed by atoms with Crippen molar-refractivity contribution in [3.8, 4) is 17.3 Å². The van der Waals surface area contributed by atoms with Gasteiger partial charge in [0.25, 0.3) is 0 Å². The molecule has 0 amide bonds. The molecule has 0 radical (unpaired) electrons. The lowest BCUT2D eigenvalue weighted by Crippen LogP contribution is -1.94. The van der Waals surface area contributed by atoms with Gasteiger partial charge in [-0.3, -0.25) is 0 Å². The van der Waals surface area contributed by atoms with Gasteiger partial charge in [0, 0.05) is 24.0 Å². The van der Waals surface area contributed by atoms with Crippen molar-refractivity contribution in [3.05, 3.63) is 60.9 Å². The van der Waals surface area contributed by atoms with Gasteiger partial charge in [0.1, 0.15) is 12.1 Å². The lowest BCUT2D eigenvalue weighted by molar-refractivity contribution is 0.427. The zero-order valence-corrected chi connectivity index (χ0v) is 10.4. The Bertz CT molecular complexity index is 727. The Labute approximate surface area is 114 Å². The van der Waals surface area contributed by atoms with E-state index in [0.29, 0.717) is 17.4 Å². The molecule has 0 unspecified atom stereocenters. The van der Waals surface area contributed by atoms with Gasteiger partial charge in [-0.15, -0.1) is 0 Å². The Morgan fingerprint density at radius 2 is 2.05 bits per heavy atom. The summed E-state index contributed by atoms with van der Waals surface area (Å²) in [5.74, 6) is 0.339. The van der Waals surface area contributed by atoms with Gasteiger partial charge >= 0.3 is 0 Å². The number of nitrogen functional groups attached to an aromatic ring is 1. The second kappa shape index (κ2) is 5.00. The minimum Gasteiger partial charge on any atom is -0.436 e. The minimum atomic E-state index is -0.486. The van der Waals surface area contributed by atoms with Gasteiger partial charge in [-0.2, -0.15) is 0 Å². The molecule has 0 atom stereocenters. The molecule has 5 nitrogen and oxygen atoms in total. The predicted octanol–water partition coefficient (Wildman–Crippen LogP) is 2.78. The fraction of sp³-hybridized carbons (Fsp3) is 0. The van der Waals surface area contributed by atoms with Gasteiger partial charge in [0.15, 0.2) is 11.6 Å². The number of pyridine rings is 1. The number of aromatic nitrogens is 3. The third kappa shape index (κ3) is 2.44.